The number of hydrogen-bond donors (Lipinski definition) is 0. The van der Waals surface area contributed by atoms with E-state index in [9.17, 15) is 0 Å². The lowest BCUT2D eigenvalue weighted by molar-refractivity contribution is 0.113. The van der Waals surface area contributed by atoms with Crippen LogP contribution in [-0.2, 0) is 4.74 Å². The van der Waals surface area contributed by atoms with Crippen LogP contribution >= 0.6 is 0 Å². The highest BCUT2D eigenvalue weighted by molar-refractivity contribution is 5.62. The number of aromatic nitrogens is 1. The summed E-state index contributed by atoms with van der Waals surface area (Å²) in [5, 5.41) is 0. The predicted molar refractivity (Wildman–Crippen MR) is 104 cm³/mol. The molecule has 0 saturated carbocycles. The Morgan fingerprint density at radius 2 is 1.88 bits per heavy atom. The summed E-state index contributed by atoms with van der Waals surface area (Å²) in [6, 6.07) is 12.1. The molecule has 2 rings (SSSR count). The van der Waals surface area contributed by atoms with Gasteiger partial charge in [-0.2, -0.15) is 0 Å². The highest BCUT2D eigenvalue weighted by Crippen LogP contribution is 2.21. The predicted octanol–water partition coefficient (Wildman–Crippen LogP) is 5.53. The van der Waals surface area contributed by atoms with E-state index in [1.165, 1.54) is 12.0 Å². The van der Waals surface area contributed by atoms with E-state index in [4.69, 9.17) is 9.47 Å². The summed E-state index contributed by atoms with van der Waals surface area (Å²) in [5.41, 5.74) is 3.62. The number of ether oxygens (including phenoxy) is 2. The quantitative estimate of drug-likeness (QED) is 0.421. The van der Waals surface area contributed by atoms with Crippen LogP contribution in [0.15, 0.2) is 60.4 Å². The summed E-state index contributed by atoms with van der Waals surface area (Å²) < 4.78 is 11.5. The Hall–Kier alpha value is -2.13. The smallest absolute Gasteiger partial charge is 0.119 e. The van der Waals surface area contributed by atoms with Crippen LogP contribution in [0, 0.1) is 5.92 Å². The fourth-order valence-electron chi connectivity index (χ4n) is 2.48. The number of hydrogen-bond acceptors (Lipinski definition) is 3. The van der Waals surface area contributed by atoms with E-state index in [1.807, 2.05) is 24.4 Å². The molecule has 1 aromatic carbocycles. The van der Waals surface area contributed by atoms with Crippen LogP contribution < -0.4 is 4.74 Å². The summed E-state index contributed by atoms with van der Waals surface area (Å²) in [7, 11) is 0. The second-order valence-electron chi connectivity index (χ2n) is 6.39. The molecule has 0 aliphatic carbocycles. The third kappa shape index (κ3) is 6.71. The lowest BCUT2D eigenvalue weighted by atomic mass is 10.0. The zero-order valence-electron chi connectivity index (χ0n) is 15.6. The van der Waals surface area contributed by atoms with E-state index in [1.54, 1.807) is 6.20 Å². The first-order chi connectivity index (χ1) is 12.2. The second-order valence-corrected chi connectivity index (χ2v) is 6.39. The van der Waals surface area contributed by atoms with Gasteiger partial charge in [0.15, 0.2) is 0 Å². The van der Waals surface area contributed by atoms with Gasteiger partial charge in [0.05, 0.1) is 13.2 Å². The van der Waals surface area contributed by atoms with E-state index < -0.39 is 0 Å². The molecule has 0 amide bonds. The summed E-state index contributed by atoms with van der Waals surface area (Å²) in [6.07, 6.45) is 8.25. The summed E-state index contributed by atoms with van der Waals surface area (Å²) in [5.74, 6) is 1.40. The van der Waals surface area contributed by atoms with Crippen LogP contribution in [0.2, 0.25) is 0 Å². The first-order valence-corrected chi connectivity index (χ1v) is 9.10. The normalized spacial score (nSPS) is 11.8. The van der Waals surface area contributed by atoms with Gasteiger partial charge in [-0.05, 0) is 47.2 Å². The van der Waals surface area contributed by atoms with Gasteiger partial charge in [0, 0.05) is 12.4 Å². The number of allylic oxidation sites excluding steroid dienone is 1. The highest BCUT2D eigenvalue weighted by atomic mass is 16.5. The zero-order valence-corrected chi connectivity index (χ0v) is 15.6. The van der Waals surface area contributed by atoms with Crippen molar-refractivity contribution in [2.45, 2.75) is 33.6 Å². The Balaban J connectivity index is 1.73. The van der Waals surface area contributed by atoms with E-state index >= 15 is 0 Å². The maximum Gasteiger partial charge on any atom is 0.119 e. The van der Waals surface area contributed by atoms with Crippen LogP contribution in [0.4, 0.5) is 0 Å². The van der Waals surface area contributed by atoms with E-state index in [-0.39, 0.29) is 0 Å². The molecule has 25 heavy (non-hydrogen) atoms. The SMILES string of the molecule is CCC/C=C(\COCCOc1ccc(-c2cccnc2)cc1)C(C)C. The number of benzene rings is 1. The largest absolute Gasteiger partial charge is 0.491 e. The molecule has 0 N–H and O–H groups in total. The van der Waals surface area contributed by atoms with Gasteiger partial charge < -0.3 is 9.47 Å². The standard InChI is InChI=1S/C22H29NO2/c1-4-5-7-21(18(2)3)17-24-14-15-25-22-11-9-19(10-12-22)20-8-6-13-23-16-20/h6-13,16,18H,4-5,14-15,17H2,1-3H3/b21-7+. The van der Waals surface area contributed by atoms with E-state index in [0.29, 0.717) is 25.7 Å². The van der Waals surface area contributed by atoms with E-state index in [0.717, 1.165) is 23.3 Å². The van der Waals surface area contributed by atoms with Gasteiger partial charge in [0.1, 0.15) is 12.4 Å². The minimum absolute atomic E-state index is 0.535. The lowest BCUT2D eigenvalue weighted by Crippen LogP contribution is -2.10. The Morgan fingerprint density at radius 3 is 2.52 bits per heavy atom. The van der Waals surface area contributed by atoms with Gasteiger partial charge in [-0.3, -0.25) is 4.98 Å². The van der Waals surface area contributed by atoms with Gasteiger partial charge in [-0.1, -0.05) is 51.5 Å². The van der Waals surface area contributed by atoms with Crippen molar-refractivity contribution in [3.8, 4) is 16.9 Å². The molecule has 0 aliphatic rings. The molecule has 0 spiro atoms. The average Bonchev–Trinajstić information content (AvgIpc) is 2.65. The number of pyridine rings is 1. The average molecular weight is 339 g/mol. The fraction of sp³-hybridized carbons (Fsp3) is 0.409. The van der Waals surface area contributed by atoms with Crippen LogP contribution in [0.25, 0.3) is 11.1 Å². The van der Waals surface area contributed by atoms with Crippen molar-refractivity contribution in [1.29, 1.82) is 0 Å². The second kappa shape index (κ2) is 10.7. The van der Waals surface area contributed by atoms with Crippen LogP contribution in [-0.4, -0.2) is 24.8 Å². The molecule has 0 unspecified atom stereocenters. The van der Waals surface area contributed by atoms with Gasteiger partial charge in [-0.15, -0.1) is 0 Å². The number of rotatable bonds is 10. The summed E-state index contributed by atoms with van der Waals surface area (Å²) >= 11 is 0. The Kier molecular flexibility index (Phi) is 8.20. The molecule has 1 heterocycles. The molecule has 0 saturated heterocycles. The van der Waals surface area contributed by atoms with Crippen LogP contribution in [0.5, 0.6) is 5.75 Å². The van der Waals surface area contributed by atoms with Crippen molar-refractivity contribution in [3.63, 3.8) is 0 Å². The molecule has 0 aliphatic heterocycles. The van der Waals surface area contributed by atoms with E-state index in [2.05, 4.69) is 50.0 Å². The van der Waals surface area contributed by atoms with Crippen molar-refractivity contribution >= 4 is 0 Å². The molecule has 3 nitrogen and oxygen atoms in total. The third-order valence-electron chi connectivity index (χ3n) is 4.05. The zero-order chi connectivity index (χ0) is 17.9. The molecular formula is C22H29NO2. The van der Waals surface area contributed by atoms with Crippen molar-refractivity contribution in [1.82, 2.24) is 4.98 Å². The highest BCUT2D eigenvalue weighted by Gasteiger charge is 2.03. The first-order valence-electron chi connectivity index (χ1n) is 9.10. The van der Waals surface area contributed by atoms with Crippen LogP contribution in [0.3, 0.4) is 0 Å². The topological polar surface area (TPSA) is 31.4 Å². The molecule has 0 atom stereocenters. The Bertz CT molecular complexity index is 633. The molecule has 1 aromatic heterocycles. The fourth-order valence-corrected chi connectivity index (χ4v) is 2.48. The summed E-state index contributed by atoms with van der Waals surface area (Å²) in [6.45, 7) is 8.48. The van der Waals surface area contributed by atoms with Crippen LogP contribution in [0.1, 0.15) is 33.6 Å². The van der Waals surface area contributed by atoms with Gasteiger partial charge >= 0.3 is 0 Å². The molecule has 3 heteroatoms. The minimum atomic E-state index is 0.535. The van der Waals surface area contributed by atoms with Gasteiger partial charge in [-0.25, -0.2) is 0 Å². The molecule has 2 aromatic rings. The third-order valence-corrected chi connectivity index (χ3v) is 4.05. The molecular weight excluding hydrogens is 310 g/mol. The summed E-state index contributed by atoms with van der Waals surface area (Å²) in [4.78, 5) is 4.15. The molecule has 134 valence electrons. The minimum Gasteiger partial charge on any atom is -0.491 e. The lowest BCUT2D eigenvalue weighted by Gasteiger charge is -2.13. The maximum absolute atomic E-state index is 5.77. The molecule has 0 bridgehead atoms. The van der Waals surface area contributed by atoms with Gasteiger partial charge in [0.25, 0.3) is 0 Å². The van der Waals surface area contributed by atoms with Gasteiger partial charge in [0.2, 0.25) is 0 Å². The molecule has 0 fully saturated rings. The number of unbranched alkanes of at least 4 members (excludes halogenated alkanes) is 1. The number of nitrogens with zero attached hydrogens (tertiary/aromatic N) is 1. The molecule has 0 radical (unpaired) electrons. The maximum atomic E-state index is 5.77. The monoisotopic (exact) mass is 339 g/mol. The van der Waals surface area contributed by atoms with Crippen molar-refractivity contribution in [2.75, 3.05) is 19.8 Å². The Morgan fingerprint density at radius 1 is 1.08 bits per heavy atom. The first kappa shape index (κ1) is 19.2. The van der Waals surface area contributed by atoms with Crippen molar-refractivity contribution < 1.29 is 9.47 Å². The van der Waals surface area contributed by atoms with Crippen molar-refractivity contribution in [3.05, 3.63) is 60.4 Å². The van der Waals surface area contributed by atoms with Crippen molar-refractivity contribution in [2.24, 2.45) is 5.92 Å². The Labute approximate surface area is 151 Å².